The number of fused-ring (bicyclic) bond motifs is 4. The highest BCUT2D eigenvalue weighted by molar-refractivity contribution is 5.96. The first-order valence-corrected chi connectivity index (χ1v) is 10.6. The number of ether oxygens (including phenoxy) is 1. The van der Waals surface area contributed by atoms with Crippen molar-refractivity contribution in [2.45, 2.75) is 39.2 Å². The van der Waals surface area contributed by atoms with Gasteiger partial charge in [-0.1, -0.05) is 0 Å². The highest BCUT2D eigenvalue weighted by atomic mass is 16.5. The summed E-state index contributed by atoms with van der Waals surface area (Å²) >= 11 is 0. The molecule has 0 atom stereocenters. The third kappa shape index (κ3) is 3.77. The summed E-state index contributed by atoms with van der Waals surface area (Å²) in [4.78, 5) is 39.5. The van der Waals surface area contributed by atoms with Crippen LogP contribution in [0.1, 0.15) is 46.9 Å². The number of carbonyl (C=O) groups is 2. The van der Waals surface area contributed by atoms with Gasteiger partial charge in [-0.05, 0) is 61.6 Å². The van der Waals surface area contributed by atoms with Crippen molar-refractivity contribution in [2.75, 3.05) is 5.32 Å². The molecule has 2 aromatic heterocycles. The van der Waals surface area contributed by atoms with Gasteiger partial charge in [0.05, 0.1) is 5.56 Å². The fourth-order valence-electron chi connectivity index (χ4n) is 4.39. The van der Waals surface area contributed by atoms with Crippen molar-refractivity contribution in [3.8, 4) is 0 Å². The summed E-state index contributed by atoms with van der Waals surface area (Å²) < 4.78 is 10.8. The summed E-state index contributed by atoms with van der Waals surface area (Å²) in [5.74, 6) is -0.675. The average molecular weight is 430 g/mol. The van der Waals surface area contributed by atoms with E-state index in [4.69, 9.17) is 9.15 Å². The Morgan fingerprint density at radius 1 is 1.06 bits per heavy atom. The van der Waals surface area contributed by atoms with E-state index in [9.17, 15) is 14.4 Å². The zero-order chi connectivity index (χ0) is 22.2. The van der Waals surface area contributed by atoms with Gasteiger partial charge in [-0.3, -0.25) is 4.79 Å². The average Bonchev–Trinajstić information content (AvgIpc) is 3.14. The Bertz CT molecular complexity index is 1430. The molecule has 0 saturated heterocycles. The van der Waals surface area contributed by atoms with E-state index < -0.39 is 11.6 Å². The largest absolute Gasteiger partial charge is 0.457 e. The van der Waals surface area contributed by atoms with Crippen molar-refractivity contribution in [1.82, 2.24) is 4.98 Å². The number of aromatic nitrogens is 1. The molecule has 1 amide bonds. The summed E-state index contributed by atoms with van der Waals surface area (Å²) in [7, 11) is 0. The second-order valence-electron chi connectivity index (χ2n) is 8.11. The number of aryl methyl sites for hydroxylation is 2. The fourth-order valence-corrected chi connectivity index (χ4v) is 4.39. The predicted octanol–water partition coefficient (Wildman–Crippen LogP) is 4.47. The van der Waals surface area contributed by atoms with Crippen LogP contribution in [0.15, 0.2) is 51.7 Å². The van der Waals surface area contributed by atoms with Gasteiger partial charge >= 0.3 is 11.6 Å². The number of hydrogen-bond acceptors (Lipinski definition) is 5. The van der Waals surface area contributed by atoms with E-state index in [0.717, 1.165) is 30.2 Å². The molecule has 2 heterocycles. The van der Waals surface area contributed by atoms with Crippen LogP contribution in [0, 0.1) is 0 Å². The number of rotatable bonds is 4. The molecule has 0 fully saturated rings. The van der Waals surface area contributed by atoms with Crippen LogP contribution in [0.2, 0.25) is 0 Å². The molecule has 0 bridgehead atoms. The minimum atomic E-state index is -0.552. The van der Waals surface area contributed by atoms with Crippen LogP contribution in [0.4, 0.5) is 5.69 Å². The number of carbonyl (C=O) groups excluding carboxylic acids is 2. The summed E-state index contributed by atoms with van der Waals surface area (Å²) in [5, 5.41) is 4.37. The lowest BCUT2D eigenvalue weighted by molar-refractivity contribution is -0.114. The maximum atomic E-state index is 12.8. The van der Waals surface area contributed by atoms with E-state index in [1.54, 1.807) is 24.3 Å². The van der Waals surface area contributed by atoms with E-state index >= 15 is 0 Å². The van der Waals surface area contributed by atoms with Gasteiger partial charge in [0.2, 0.25) is 5.91 Å². The quantitative estimate of drug-likeness (QED) is 0.367. The zero-order valence-corrected chi connectivity index (χ0v) is 17.6. The predicted molar refractivity (Wildman–Crippen MR) is 121 cm³/mol. The molecule has 32 heavy (non-hydrogen) atoms. The summed E-state index contributed by atoms with van der Waals surface area (Å²) in [6, 6.07) is 11.9. The zero-order valence-electron chi connectivity index (χ0n) is 17.6. The van der Waals surface area contributed by atoms with Crippen molar-refractivity contribution in [3.63, 3.8) is 0 Å². The van der Waals surface area contributed by atoms with Crippen LogP contribution >= 0.6 is 0 Å². The molecule has 1 aliphatic carbocycles. The lowest BCUT2D eigenvalue weighted by Gasteiger charge is -2.11. The Balaban J connectivity index is 1.40. The molecule has 7 nitrogen and oxygen atoms in total. The number of esters is 1. The van der Waals surface area contributed by atoms with Gasteiger partial charge < -0.3 is 19.5 Å². The third-order valence-electron chi connectivity index (χ3n) is 5.84. The summed E-state index contributed by atoms with van der Waals surface area (Å²) in [6.07, 6.45) is 4.39. The molecular weight excluding hydrogens is 408 g/mol. The minimum absolute atomic E-state index is 0.0658. The SMILES string of the molecule is CC(=O)Nc1ccc2c(COC(=O)c3ccc4[nH]c5c(c4c3)CCCC5)cc(=O)oc2c1. The number of aromatic amines is 1. The van der Waals surface area contributed by atoms with E-state index in [2.05, 4.69) is 10.3 Å². The van der Waals surface area contributed by atoms with E-state index in [1.807, 2.05) is 12.1 Å². The topological polar surface area (TPSA) is 101 Å². The molecule has 7 heteroatoms. The molecule has 0 unspecified atom stereocenters. The number of amides is 1. The second-order valence-corrected chi connectivity index (χ2v) is 8.11. The number of hydrogen-bond donors (Lipinski definition) is 2. The summed E-state index contributed by atoms with van der Waals surface area (Å²) in [5.41, 5.74) is 4.89. The van der Waals surface area contributed by atoms with Crippen LogP contribution in [0.25, 0.3) is 21.9 Å². The van der Waals surface area contributed by atoms with Crippen molar-refractivity contribution in [3.05, 3.63) is 75.3 Å². The van der Waals surface area contributed by atoms with Gasteiger partial charge in [0, 0.05) is 52.3 Å². The Kier molecular flexibility index (Phi) is 5.01. The highest BCUT2D eigenvalue weighted by Gasteiger charge is 2.18. The first-order valence-electron chi connectivity index (χ1n) is 10.6. The maximum absolute atomic E-state index is 12.8. The number of anilines is 1. The number of benzene rings is 2. The van der Waals surface area contributed by atoms with Gasteiger partial charge in [0.15, 0.2) is 0 Å². The first-order chi connectivity index (χ1) is 15.5. The molecule has 2 aromatic carbocycles. The smallest absolute Gasteiger partial charge is 0.338 e. The van der Waals surface area contributed by atoms with Gasteiger partial charge in [-0.25, -0.2) is 9.59 Å². The Morgan fingerprint density at radius 2 is 1.91 bits per heavy atom. The van der Waals surface area contributed by atoms with Crippen molar-refractivity contribution >= 4 is 39.4 Å². The van der Waals surface area contributed by atoms with E-state index in [1.165, 1.54) is 30.7 Å². The van der Waals surface area contributed by atoms with Crippen molar-refractivity contribution in [2.24, 2.45) is 0 Å². The van der Waals surface area contributed by atoms with E-state index in [-0.39, 0.29) is 12.5 Å². The Morgan fingerprint density at radius 3 is 2.75 bits per heavy atom. The monoisotopic (exact) mass is 430 g/mol. The molecule has 5 rings (SSSR count). The molecular formula is C25H22N2O5. The molecule has 0 spiro atoms. The number of nitrogens with one attached hydrogen (secondary N) is 2. The van der Waals surface area contributed by atoms with Crippen molar-refractivity contribution < 1.29 is 18.7 Å². The molecule has 0 saturated carbocycles. The molecule has 162 valence electrons. The lowest BCUT2D eigenvalue weighted by Crippen LogP contribution is -2.09. The van der Waals surface area contributed by atoms with Gasteiger partial charge in [-0.2, -0.15) is 0 Å². The van der Waals surface area contributed by atoms with Crippen LogP contribution in [0.3, 0.4) is 0 Å². The molecule has 2 N–H and O–H groups in total. The Hall–Kier alpha value is -3.87. The highest BCUT2D eigenvalue weighted by Crippen LogP contribution is 2.30. The second kappa shape index (κ2) is 8.00. The van der Waals surface area contributed by atoms with Crippen LogP contribution in [-0.2, 0) is 29.0 Å². The Labute approximate surface area is 183 Å². The van der Waals surface area contributed by atoms with Gasteiger partial charge in [-0.15, -0.1) is 0 Å². The minimum Gasteiger partial charge on any atom is -0.457 e. The lowest BCUT2D eigenvalue weighted by atomic mass is 9.95. The van der Waals surface area contributed by atoms with E-state index in [0.29, 0.717) is 27.8 Å². The molecule has 4 aromatic rings. The third-order valence-corrected chi connectivity index (χ3v) is 5.84. The van der Waals surface area contributed by atoms with Crippen LogP contribution in [0.5, 0.6) is 0 Å². The fraction of sp³-hybridized carbons (Fsp3) is 0.240. The standard InChI is InChI=1S/C25H22N2O5/c1-14(28)26-17-7-8-18-16(11-24(29)32-23(18)12-17)13-31-25(30)15-6-9-22-20(10-15)19-4-2-3-5-21(19)27-22/h6-12,27H,2-5,13H2,1H3,(H,26,28). The molecule has 0 radical (unpaired) electrons. The van der Waals surface area contributed by atoms with Crippen LogP contribution in [-0.4, -0.2) is 16.9 Å². The summed E-state index contributed by atoms with van der Waals surface area (Å²) in [6.45, 7) is 1.33. The maximum Gasteiger partial charge on any atom is 0.338 e. The first kappa shape index (κ1) is 20.1. The van der Waals surface area contributed by atoms with Gasteiger partial charge in [0.25, 0.3) is 0 Å². The number of H-pyrrole nitrogens is 1. The molecule has 1 aliphatic rings. The van der Waals surface area contributed by atoms with Crippen LogP contribution < -0.4 is 10.9 Å². The normalized spacial score (nSPS) is 13.2. The van der Waals surface area contributed by atoms with Crippen molar-refractivity contribution in [1.29, 1.82) is 0 Å². The van der Waals surface area contributed by atoms with Gasteiger partial charge in [0.1, 0.15) is 12.2 Å². The molecule has 0 aliphatic heterocycles.